The molecule has 2 saturated heterocycles. The highest BCUT2D eigenvalue weighted by atomic mass is 35.5. The molecule has 0 spiro atoms. The standard InChI is InChI=1S/C40H54ClN5O8/c1-5-27-21-40(27,37(49)50)44-35(47)30-17-23(22-46(30)36(48)34(39(2,3)4)43-38(51)54-28-19-25-18-26(25)20-28)16-24-8-9-42-33-29(24)6-7-31(32(33)41)53-15-12-45-10-13-52-14-11-45/h6-9,23,25-28,30,34H,5,10-22H2,1-4H3,(H,43,51)(H,44,47)(H,49,50)/t23?,25-,26+,27-,28+,30+,34-,40-/m1/s1. The number of pyridine rings is 1. The second kappa shape index (κ2) is 15.5. The Kier molecular flexibility index (Phi) is 11.0. The van der Waals surface area contributed by atoms with Crippen molar-refractivity contribution in [3.63, 3.8) is 0 Å². The van der Waals surface area contributed by atoms with Crippen molar-refractivity contribution in [1.82, 2.24) is 25.4 Å². The monoisotopic (exact) mass is 767 g/mol. The number of rotatable bonds is 13. The fourth-order valence-electron chi connectivity index (χ4n) is 8.96. The smallest absolute Gasteiger partial charge is 0.408 e. The third-order valence-electron chi connectivity index (χ3n) is 12.3. The molecule has 1 aromatic carbocycles. The number of ether oxygens (including phenoxy) is 3. The Morgan fingerprint density at radius 3 is 2.50 bits per heavy atom. The van der Waals surface area contributed by atoms with Gasteiger partial charge in [-0.15, -0.1) is 0 Å². The van der Waals surface area contributed by atoms with E-state index in [1.807, 2.05) is 45.9 Å². The summed E-state index contributed by atoms with van der Waals surface area (Å²) in [6.45, 7) is 12.2. The number of carbonyl (C=O) groups excluding carboxylic acids is 3. The fraction of sp³-hybridized carbons (Fsp3) is 0.675. The Bertz CT molecular complexity index is 1750. The third-order valence-corrected chi connectivity index (χ3v) is 12.7. The molecule has 3 saturated carbocycles. The van der Waals surface area contributed by atoms with Gasteiger partial charge in [0.15, 0.2) is 0 Å². The lowest BCUT2D eigenvalue weighted by Crippen LogP contribution is -2.59. The van der Waals surface area contributed by atoms with Crippen LogP contribution in [0.5, 0.6) is 5.75 Å². The zero-order valence-corrected chi connectivity index (χ0v) is 32.5. The maximum Gasteiger partial charge on any atom is 0.408 e. The summed E-state index contributed by atoms with van der Waals surface area (Å²) in [5, 5.41) is 17.1. The molecule has 2 aromatic rings. The van der Waals surface area contributed by atoms with Gasteiger partial charge in [0.05, 0.1) is 18.7 Å². The lowest BCUT2D eigenvalue weighted by Gasteiger charge is -2.35. The van der Waals surface area contributed by atoms with Crippen LogP contribution in [0.2, 0.25) is 5.02 Å². The summed E-state index contributed by atoms with van der Waals surface area (Å²) in [5.74, 6) is -0.479. The number of carbonyl (C=O) groups is 4. The number of alkyl carbamates (subject to hydrolysis) is 1. The molecule has 0 radical (unpaired) electrons. The van der Waals surface area contributed by atoms with E-state index in [2.05, 4.69) is 20.5 Å². The second-order valence-corrected chi connectivity index (χ2v) is 17.5. The molecule has 1 aromatic heterocycles. The predicted octanol–water partition coefficient (Wildman–Crippen LogP) is 4.67. The van der Waals surface area contributed by atoms with Crippen LogP contribution in [0.25, 0.3) is 10.9 Å². The van der Waals surface area contributed by atoms with Crippen molar-refractivity contribution >= 4 is 46.4 Å². The number of nitrogens with zero attached hydrogens (tertiary/aromatic N) is 3. The van der Waals surface area contributed by atoms with Crippen LogP contribution >= 0.6 is 11.6 Å². The summed E-state index contributed by atoms with van der Waals surface area (Å²) >= 11 is 6.86. The highest BCUT2D eigenvalue weighted by Gasteiger charge is 2.61. The Morgan fingerprint density at radius 1 is 1.09 bits per heavy atom. The number of nitrogens with one attached hydrogen (secondary N) is 2. The van der Waals surface area contributed by atoms with Gasteiger partial charge < -0.3 is 34.9 Å². The average molecular weight is 768 g/mol. The van der Waals surface area contributed by atoms with E-state index in [-0.39, 0.29) is 24.5 Å². The first-order chi connectivity index (χ1) is 25.8. The first-order valence-electron chi connectivity index (χ1n) is 19.6. The number of halogens is 1. The highest BCUT2D eigenvalue weighted by Crippen LogP contribution is 2.52. The number of fused-ring (bicyclic) bond motifs is 2. The number of likely N-dealkylation sites (tertiary alicyclic amines) is 1. The van der Waals surface area contributed by atoms with Gasteiger partial charge >= 0.3 is 12.1 Å². The number of aliphatic carboxylic acids is 1. The molecule has 8 atom stereocenters. The van der Waals surface area contributed by atoms with Crippen LogP contribution in [0, 0.1) is 29.1 Å². The molecular formula is C40H54ClN5O8. The van der Waals surface area contributed by atoms with E-state index in [9.17, 15) is 24.3 Å². The molecular weight excluding hydrogens is 714 g/mol. The number of benzene rings is 1. The first kappa shape index (κ1) is 38.6. The van der Waals surface area contributed by atoms with Gasteiger partial charge in [-0.25, -0.2) is 9.59 Å². The van der Waals surface area contributed by atoms with Gasteiger partial charge in [-0.1, -0.05) is 45.7 Å². The van der Waals surface area contributed by atoms with Gasteiger partial charge in [0.25, 0.3) is 0 Å². The molecule has 13 nitrogen and oxygen atoms in total. The second-order valence-electron chi connectivity index (χ2n) is 17.1. The number of morpholine rings is 1. The van der Waals surface area contributed by atoms with Crippen LogP contribution in [-0.2, 0) is 30.3 Å². The predicted molar refractivity (Wildman–Crippen MR) is 201 cm³/mol. The Morgan fingerprint density at radius 2 is 1.83 bits per heavy atom. The summed E-state index contributed by atoms with van der Waals surface area (Å²) in [4.78, 5) is 62.6. The minimum atomic E-state index is -1.34. The van der Waals surface area contributed by atoms with Crippen LogP contribution in [0.3, 0.4) is 0 Å². The molecule has 2 aliphatic heterocycles. The fourth-order valence-corrected chi connectivity index (χ4v) is 9.23. The molecule has 5 fully saturated rings. The normalized spacial score (nSPS) is 29.7. The number of carboxylic acids is 1. The summed E-state index contributed by atoms with van der Waals surface area (Å²) in [5.41, 5.74) is -0.485. The largest absolute Gasteiger partial charge is 0.491 e. The zero-order valence-electron chi connectivity index (χ0n) is 31.8. The van der Waals surface area contributed by atoms with Crippen LogP contribution < -0.4 is 15.4 Å². The number of hydrogen-bond acceptors (Lipinski definition) is 9. The van der Waals surface area contributed by atoms with Gasteiger partial charge in [0.1, 0.15) is 41.1 Å². The minimum absolute atomic E-state index is 0.154. The lowest BCUT2D eigenvalue weighted by molar-refractivity contribution is -0.146. The summed E-state index contributed by atoms with van der Waals surface area (Å²) in [6.07, 6.45) is 5.60. The van der Waals surface area contributed by atoms with E-state index in [0.29, 0.717) is 73.6 Å². The van der Waals surface area contributed by atoms with E-state index in [1.54, 1.807) is 6.20 Å². The zero-order chi connectivity index (χ0) is 38.4. The molecule has 3 heterocycles. The summed E-state index contributed by atoms with van der Waals surface area (Å²) in [6, 6.07) is 3.83. The van der Waals surface area contributed by atoms with Crippen LogP contribution in [0.4, 0.5) is 4.79 Å². The molecule has 3 N–H and O–H groups in total. The van der Waals surface area contributed by atoms with Crippen LogP contribution in [0.15, 0.2) is 24.4 Å². The van der Waals surface area contributed by atoms with Crippen LogP contribution in [-0.4, -0.2) is 113 Å². The molecule has 14 heteroatoms. The van der Waals surface area contributed by atoms with Gasteiger partial charge in [0, 0.05) is 37.8 Å². The molecule has 54 heavy (non-hydrogen) atoms. The van der Waals surface area contributed by atoms with Gasteiger partial charge in [-0.2, -0.15) is 0 Å². The van der Waals surface area contributed by atoms with Gasteiger partial charge in [-0.3, -0.25) is 19.5 Å². The van der Waals surface area contributed by atoms with E-state index < -0.39 is 46.9 Å². The average Bonchev–Trinajstić information content (AvgIpc) is 3.95. The Hall–Kier alpha value is -3.68. The van der Waals surface area contributed by atoms with Crippen molar-refractivity contribution in [3.8, 4) is 5.75 Å². The number of carboxylic acid groups (broad SMARTS) is 1. The van der Waals surface area contributed by atoms with Crippen molar-refractivity contribution in [2.45, 2.75) is 96.4 Å². The molecule has 0 bridgehead atoms. The summed E-state index contributed by atoms with van der Waals surface area (Å²) in [7, 11) is 0. The number of amides is 3. The number of aromatic nitrogens is 1. The molecule has 7 rings (SSSR count). The number of hydrogen-bond donors (Lipinski definition) is 3. The third kappa shape index (κ3) is 8.14. The molecule has 294 valence electrons. The first-order valence-corrected chi connectivity index (χ1v) is 20.0. The topological polar surface area (TPSA) is 160 Å². The van der Waals surface area contributed by atoms with E-state index in [1.165, 1.54) is 11.3 Å². The maximum atomic E-state index is 14.6. The van der Waals surface area contributed by atoms with Crippen molar-refractivity contribution in [3.05, 3.63) is 35.0 Å². The van der Waals surface area contributed by atoms with E-state index in [0.717, 1.165) is 43.4 Å². The Balaban J connectivity index is 1.09. The lowest BCUT2D eigenvalue weighted by atomic mass is 9.85. The quantitative estimate of drug-likeness (QED) is 0.262. The van der Waals surface area contributed by atoms with E-state index >= 15 is 0 Å². The molecule has 3 amide bonds. The van der Waals surface area contributed by atoms with E-state index in [4.69, 9.17) is 25.8 Å². The highest BCUT2D eigenvalue weighted by molar-refractivity contribution is 6.36. The van der Waals surface area contributed by atoms with Gasteiger partial charge in [0.2, 0.25) is 11.8 Å². The molecule has 3 aliphatic carbocycles. The molecule has 1 unspecified atom stereocenters. The summed E-state index contributed by atoms with van der Waals surface area (Å²) < 4.78 is 17.3. The van der Waals surface area contributed by atoms with Crippen molar-refractivity contribution in [1.29, 1.82) is 0 Å². The van der Waals surface area contributed by atoms with Crippen molar-refractivity contribution in [2.75, 3.05) is 46.0 Å². The van der Waals surface area contributed by atoms with Crippen molar-refractivity contribution in [2.24, 2.45) is 29.1 Å². The van der Waals surface area contributed by atoms with Crippen molar-refractivity contribution < 1.29 is 38.5 Å². The minimum Gasteiger partial charge on any atom is -0.491 e. The van der Waals surface area contributed by atoms with Crippen LogP contribution in [0.1, 0.15) is 71.8 Å². The maximum absolute atomic E-state index is 14.6. The Labute approximate surface area is 321 Å². The SMILES string of the molecule is CC[C@@H]1C[C@]1(NC(=O)[C@@H]1CC(Cc2ccnc3c(Cl)c(OCCN4CCOCC4)ccc23)CN1C(=O)[C@@H](NC(=O)O[C@@H]1C[C@@H]2C[C@@H]2C1)C(C)(C)C)C(=O)O. The molecule has 5 aliphatic rings. The van der Waals surface area contributed by atoms with Gasteiger partial charge in [-0.05, 0) is 91.4 Å².